The Morgan fingerprint density at radius 1 is 1.41 bits per heavy atom. The quantitative estimate of drug-likeness (QED) is 0.330. The molecule has 2 heterocycles. The molecule has 2 rings (SSSR count). The molecule has 0 aromatic carbocycles. The lowest BCUT2D eigenvalue weighted by atomic mass is 10.1. The maximum atomic E-state index is 12.1. The van der Waals surface area contributed by atoms with Crippen molar-refractivity contribution in [2.45, 2.75) is 58.5 Å². The second-order valence-electron chi connectivity index (χ2n) is 6.93. The number of halogens is 1. The second kappa shape index (κ2) is 11.2. The molecular formula is C17H32IN5O3S. The van der Waals surface area contributed by atoms with Crippen LogP contribution in [0.2, 0.25) is 0 Å². The predicted octanol–water partition coefficient (Wildman–Crippen LogP) is 2.29. The van der Waals surface area contributed by atoms with Crippen molar-refractivity contribution < 1.29 is 12.9 Å². The molecule has 0 radical (unpaired) electrons. The molecule has 1 aliphatic rings. The number of aliphatic imine (C=N–C) groups is 1. The first-order valence-electron chi connectivity index (χ1n) is 9.26. The Morgan fingerprint density at radius 2 is 2.07 bits per heavy atom. The van der Waals surface area contributed by atoms with Crippen molar-refractivity contribution in [3.05, 3.63) is 17.5 Å². The van der Waals surface area contributed by atoms with E-state index in [1.165, 1.54) is 0 Å². The summed E-state index contributed by atoms with van der Waals surface area (Å²) >= 11 is 0. The number of hydrogen-bond donors (Lipinski definition) is 2. The highest BCUT2D eigenvalue weighted by atomic mass is 127. The van der Waals surface area contributed by atoms with Crippen molar-refractivity contribution in [2.75, 3.05) is 25.9 Å². The Kier molecular flexibility index (Phi) is 10.0. The third-order valence-corrected chi connectivity index (χ3v) is 6.55. The maximum Gasteiger partial charge on any atom is 0.214 e. The van der Waals surface area contributed by atoms with E-state index in [0.29, 0.717) is 37.9 Å². The third kappa shape index (κ3) is 7.22. The summed E-state index contributed by atoms with van der Waals surface area (Å²) < 4.78 is 31.2. The van der Waals surface area contributed by atoms with Crippen molar-refractivity contribution in [1.82, 2.24) is 20.1 Å². The van der Waals surface area contributed by atoms with Crippen LogP contribution >= 0.6 is 24.0 Å². The molecule has 156 valence electrons. The van der Waals surface area contributed by atoms with E-state index in [-0.39, 0.29) is 35.8 Å². The van der Waals surface area contributed by atoms with E-state index < -0.39 is 10.0 Å². The van der Waals surface area contributed by atoms with Crippen LogP contribution in [0.1, 0.15) is 57.4 Å². The summed E-state index contributed by atoms with van der Waals surface area (Å²) in [5.41, 5.74) is 0.936. The monoisotopic (exact) mass is 513 g/mol. The summed E-state index contributed by atoms with van der Waals surface area (Å²) in [6.45, 7) is 7.64. The van der Waals surface area contributed by atoms with Gasteiger partial charge in [0.05, 0.1) is 18.0 Å². The zero-order valence-corrected chi connectivity index (χ0v) is 19.7. The van der Waals surface area contributed by atoms with Crippen LogP contribution in [0.3, 0.4) is 0 Å². The van der Waals surface area contributed by atoms with Gasteiger partial charge in [0, 0.05) is 32.2 Å². The van der Waals surface area contributed by atoms with Gasteiger partial charge in [-0.15, -0.1) is 24.0 Å². The van der Waals surface area contributed by atoms with Gasteiger partial charge in [0.15, 0.2) is 11.7 Å². The molecule has 1 saturated heterocycles. The van der Waals surface area contributed by atoms with E-state index in [9.17, 15) is 8.42 Å². The Hall–Kier alpha value is -0.880. The van der Waals surface area contributed by atoms with Crippen LogP contribution in [0.4, 0.5) is 0 Å². The van der Waals surface area contributed by atoms with E-state index >= 15 is 0 Å². The largest absolute Gasteiger partial charge is 0.359 e. The van der Waals surface area contributed by atoms with Gasteiger partial charge in [0.1, 0.15) is 0 Å². The highest BCUT2D eigenvalue weighted by molar-refractivity contribution is 14.0. The molecular weight excluding hydrogens is 481 g/mol. The Labute approximate surface area is 179 Å². The first kappa shape index (κ1) is 24.2. The van der Waals surface area contributed by atoms with Gasteiger partial charge >= 0.3 is 0 Å². The molecule has 1 fully saturated rings. The van der Waals surface area contributed by atoms with Gasteiger partial charge in [0.25, 0.3) is 0 Å². The second-order valence-corrected chi connectivity index (χ2v) is 9.02. The summed E-state index contributed by atoms with van der Waals surface area (Å²) in [5, 5.41) is 10.6. The lowest BCUT2D eigenvalue weighted by Gasteiger charge is -2.32. The van der Waals surface area contributed by atoms with Gasteiger partial charge in [-0.3, -0.25) is 4.99 Å². The van der Waals surface area contributed by atoms with Gasteiger partial charge in [-0.1, -0.05) is 25.9 Å². The van der Waals surface area contributed by atoms with E-state index in [2.05, 4.69) is 34.6 Å². The van der Waals surface area contributed by atoms with E-state index in [1.54, 1.807) is 11.4 Å². The van der Waals surface area contributed by atoms with Gasteiger partial charge in [-0.2, -0.15) is 0 Å². The molecule has 0 bridgehead atoms. The molecule has 1 aliphatic heterocycles. The molecule has 1 aromatic heterocycles. The standard InChI is InChI=1S/C17H31N5O3S.HI/c1-5-10-26(23,24)22-8-6-14(7-9-22)20-17(18-4)19-12-15-11-16(13(2)3)21-25-15;/h11,13-14H,5-10,12H2,1-4H3,(H2,18,19,20);1H. The van der Waals surface area contributed by atoms with Gasteiger partial charge < -0.3 is 15.2 Å². The number of hydrogen-bond acceptors (Lipinski definition) is 5. The fourth-order valence-electron chi connectivity index (χ4n) is 2.91. The highest BCUT2D eigenvalue weighted by Crippen LogP contribution is 2.16. The molecule has 0 atom stereocenters. The maximum absolute atomic E-state index is 12.1. The van der Waals surface area contributed by atoms with Crippen LogP contribution in [0, 0.1) is 0 Å². The zero-order chi connectivity index (χ0) is 19.2. The van der Waals surface area contributed by atoms with Crippen LogP contribution < -0.4 is 10.6 Å². The molecule has 2 N–H and O–H groups in total. The van der Waals surface area contributed by atoms with Crippen LogP contribution in [-0.2, 0) is 16.6 Å². The minimum absolute atomic E-state index is 0. The lowest BCUT2D eigenvalue weighted by molar-refractivity contribution is 0.305. The van der Waals surface area contributed by atoms with Crippen LogP contribution in [0.25, 0.3) is 0 Å². The topological polar surface area (TPSA) is 99.8 Å². The third-order valence-electron chi connectivity index (χ3n) is 4.47. The molecule has 0 unspecified atom stereocenters. The van der Waals surface area contributed by atoms with Crippen LogP contribution in [0.15, 0.2) is 15.6 Å². The Morgan fingerprint density at radius 3 is 2.59 bits per heavy atom. The summed E-state index contributed by atoms with van der Waals surface area (Å²) in [6.07, 6.45) is 2.18. The summed E-state index contributed by atoms with van der Waals surface area (Å²) in [6, 6.07) is 2.15. The lowest BCUT2D eigenvalue weighted by Crippen LogP contribution is -2.49. The van der Waals surface area contributed by atoms with E-state index in [4.69, 9.17) is 4.52 Å². The molecule has 27 heavy (non-hydrogen) atoms. The number of nitrogens with zero attached hydrogens (tertiary/aromatic N) is 3. The first-order valence-corrected chi connectivity index (χ1v) is 10.9. The summed E-state index contributed by atoms with van der Waals surface area (Å²) in [5.74, 6) is 2.00. The average Bonchev–Trinajstić information content (AvgIpc) is 3.08. The smallest absolute Gasteiger partial charge is 0.214 e. The minimum atomic E-state index is -3.10. The first-order chi connectivity index (χ1) is 12.4. The molecule has 10 heteroatoms. The van der Waals surface area contributed by atoms with E-state index in [1.807, 2.05) is 13.0 Å². The number of rotatable bonds is 7. The highest BCUT2D eigenvalue weighted by Gasteiger charge is 2.27. The molecule has 1 aromatic rings. The van der Waals surface area contributed by atoms with Gasteiger partial charge in [-0.05, 0) is 25.2 Å². The van der Waals surface area contributed by atoms with Crippen molar-refractivity contribution in [3.63, 3.8) is 0 Å². The predicted molar refractivity (Wildman–Crippen MR) is 118 cm³/mol. The summed E-state index contributed by atoms with van der Waals surface area (Å²) in [4.78, 5) is 4.24. The van der Waals surface area contributed by atoms with Crippen molar-refractivity contribution in [3.8, 4) is 0 Å². The van der Waals surface area contributed by atoms with Gasteiger partial charge in [0.2, 0.25) is 10.0 Å². The molecule has 0 saturated carbocycles. The molecule has 0 amide bonds. The van der Waals surface area contributed by atoms with E-state index in [0.717, 1.165) is 24.3 Å². The SMILES string of the molecule is CCCS(=O)(=O)N1CCC(NC(=NC)NCc2cc(C(C)C)no2)CC1.I. The number of sulfonamides is 1. The Bertz CT molecular complexity index is 697. The minimum Gasteiger partial charge on any atom is -0.359 e. The van der Waals surface area contributed by atoms with Crippen molar-refractivity contribution >= 4 is 40.0 Å². The number of guanidine groups is 1. The normalized spacial score (nSPS) is 17.0. The van der Waals surface area contributed by atoms with Crippen molar-refractivity contribution in [1.29, 1.82) is 0 Å². The average molecular weight is 513 g/mol. The zero-order valence-electron chi connectivity index (χ0n) is 16.6. The molecule has 0 spiro atoms. The molecule has 0 aliphatic carbocycles. The van der Waals surface area contributed by atoms with Crippen LogP contribution in [0.5, 0.6) is 0 Å². The van der Waals surface area contributed by atoms with Gasteiger partial charge in [-0.25, -0.2) is 12.7 Å². The number of nitrogens with one attached hydrogen (secondary N) is 2. The summed E-state index contributed by atoms with van der Waals surface area (Å²) in [7, 11) is -1.38. The molecule has 8 nitrogen and oxygen atoms in total. The fraction of sp³-hybridized carbons (Fsp3) is 0.765. The number of aromatic nitrogens is 1. The number of piperidine rings is 1. The van der Waals surface area contributed by atoms with Crippen molar-refractivity contribution in [2.24, 2.45) is 4.99 Å². The fourth-order valence-corrected chi connectivity index (χ4v) is 4.45. The Balaban J connectivity index is 0.00000364. The van der Waals surface area contributed by atoms with Crippen LogP contribution in [-0.4, -0.2) is 55.8 Å².